The Morgan fingerprint density at radius 2 is 1.95 bits per heavy atom. The summed E-state index contributed by atoms with van der Waals surface area (Å²) in [4.78, 5) is 48.3. The lowest BCUT2D eigenvalue weighted by atomic mass is 9.94. The second-order valence-electron chi connectivity index (χ2n) is 7.96. The van der Waals surface area contributed by atoms with Gasteiger partial charge in [-0.1, -0.05) is 6.92 Å². The fourth-order valence-electron chi connectivity index (χ4n) is 3.62. The zero-order valence-corrected chi connectivity index (χ0v) is 22.7. The molecule has 3 atom stereocenters. The van der Waals surface area contributed by atoms with Crippen LogP contribution in [0.5, 0.6) is 0 Å². The van der Waals surface area contributed by atoms with Crippen LogP contribution in [0.2, 0.25) is 0 Å². The third-order valence-corrected chi connectivity index (χ3v) is 7.95. The topological polar surface area (TPSA) is 164 Å². The zero-order valence-electron chi connectivity index (χ0n) is 20.2. The minimum Gasteiger partial charge on any atom is -0.479 e. The van der Waals surface area contributed by atoms with E-state index in [1.807, 2.05) is 6.92 Å². The van der Waals surface area contributed by atoms with Gasteiger partial charge in [0.15, 0.2) is 5.37 Å². The molecule has 0 saturated carbocycles. The molecule has 2 heterocycles. The molecule has 3 unspecified atom stereocenters. The summed E-state index contributed by atoms with van der Waals surface area (Å²) in [5, 5.41) is 18.8. The molecule has 2 aliphatic heterocycles. The maximum atomic E-state index is 12.9. The lowest BCUT2D eigenvalue weighted by molar-refractivity contribution is -0.384. The van der Waals surface area contributed by atoms with Crippen LogP contribution in [0.1, 0.15) is 18.9 Å². The molecular formula is C22H26N2O11S3. The van der Waals surface area contributed by atoms with Gasteiger partial charge in [0.1, 0.15) is 19.5 Å². The molecule has 2 fully saturated rings. The number of rotatable bonds is 12. The quantitative estimate of drug-likeness (QED) is 0.124. The number of nitro groups is 1. The number of carboxylic acid groups (broad SMARTS) is 1. The van der Waals surface area contributed by atoms with E-state index in [-0.39, 0.29) is 49.7 Å². The van der Waals surface area contributed by atoms with Crippen LogP contribution in [0, 0.1) is 16.0 Å². The van der Waals surface area contributed by atoms with Crippen LogP contribution < -0.4 is 0 Å². The Morgan fingerprint density at radius 1 is 1.26 bits per heavy atom. The Balaban J connectivity index is 1.47. The number of ether oxygens (including phenoxy) is 5. The van der Waals surface area contributed by atoms with Crippen LogP contribution in [0.15, 0.2) is 24.3 Å². The smallest absolute Gasteiger partial charge is 0.479 e. The van der Waals surface area contributed by atoms with Crippen molar-refractivity contribution in [3.05, 3.63) is 39.9 Å². The summed E-state index contributed by atoms with van der Waals surface area (Å²) in [5.41, 5.74) is 0.459. The molecule has 0 radical (unpaired) electrons. The van der Waals surface area contributed by atoms with Crippen molar-refractivity contribution in [2.75, 3.05) is 32.4 Å². The lowest BCUT2D eigenvalue weighted by Crippen LogP contribution is -2.64. The number of non-ortho nitro benzene ring substituents is 1. The molecule has 0 bridgehead atoms. The summed E-state index contributed by atoms with van der Waals surface area (Å²) >= 11 is 7.34. The van der Waals surface area contributed by atoms with Crippen molar-refractivity contribution in [1.29, 1.82) is 0 Å². The number of carbonyl (C=O) groups is 3. The van der Waals surface area contributed by atoms with Gasteiger partial charge in [-0.2, -0.15) is 0 Å². The number of likely N-dealkylation sites (tertiary alicyclic amines) is 1. The molecule has 0 spiro atoms. The van der Waals surface area contributed by atoms with E-state index in [1.165, 1.54) is 40.9 Å². The Morgan fingerprint density at radius 3 is 2.55 bits per heavy atom. The van der Waals surface area contributed by atoms with Crippen molar-refractivity contribution in [1.82, 2.24) is 4.90 Å². The Bertz CT molecular complexity index is 1020. The number of nitro benzene ring substituents is 1. The molecule has 16 heteroatoms. The summed E-state index contributed by atoms with van der Waals surface area (Å²) in [6, 6.07) is 5.52. The van der Waals surface area contributed by atoms with E-state index in [4.69, 9.17) is 35.9 Å². The van der Waals surface area contributed by atoms with E-state index in [0.29, 0.717) is 11.3 Å². The lowest BCUT2D eigenvalue weighted by Gasteiger charge is -2.48. The Kier molecular flexibility index (Phi) is 11.4. The molecule has 1 amide bonds. The summed E-state index contributed by atoms with van der Waals surface area (Å²) in [5.74, 6) is -1.57. The molecule has 13 nitrogen and oxygen atoms in total. The average Bonchev–Trinajstić information content (AvgIpc) is 2.89. The highest BCUT2D eigenvalue weighted by Gasteiger charge is 2.52. The highest BCUT2D eigenvalue weighted by molar-refractivity contribution is 8.23. The monoisotopic (exact) mass is 590 g/mol. The maximum Gasteiger partial charge on any atom is 0.508 e. The number of carbonyl (C=O) groups excluding carboxylic acids is 2. The maximum absolute atomic E-state index is 12.9. The number of aliphatic carboxylic acids is 1. The first-order valence-electron chi connectivity index (χ1n) is 11.4. The molecule has 2 saturated heterocycles. The molecule has 38 heavy (non-hydrogen) atoms. The van der Waals surface area contributed by atoms with E-state index in [1.54, 1.807) is 0 Å². The van der Waals surface area contributed by atoms with Gasteiger partial charge in [-0.05, 0) is 53.8 Å². The van der Waals surface area contributed by atoms with Gasteiger partial charge in [-0.3, -0.25) is 14.9 Å². The zero-order chi connectivity index (χ0) is 27.7. The van der Waals surface area contributed by atoms with E-state index in [9.17, 15) is 29.6 Å². The van der Waals surface area contributed by atoms with Crippen molar-refractivity contribution in [3.63, 3.8) is 0 Å². The first-order chi connectivity index (χ1) is 18.2. The fraction of sp³-hybridized carbons (Fsp3) is 0.545. The minimum absolute atomic E-state index is 0.0351. The molecule has 1 aromatic rings. The second-order valence-corrected chi connectivity index (χ2v) is 11.0. The predicted octanol–water partition coefficient (Wildman–Crippen LogP) is 2.99. The van der Waals surface area contributed by atoms with Crippen molar-refractivity contribution < 1.29 is 48.1 Å². The van der Waals surface area contributed by atoms with Crippen molar-refractivity contribution in [2.45, 2.75) is 36.8 Å². The third-order valence-electron chi connectivity index (χ3n) is 5.39. The summed E-state index contributed by atoms with van der Waals surface area (Å²) in [6.07, 6.45) is -1.24. The molecule has 2 aliphatic rings. The van der Waals surface area contributed by atoms with Gasteiger partial charge in [0.05, 0.1) is 36.0 Å². The largest absolute Gasteiger partial charge is 0.508 e. The number of hydrogen-bond acceptors (Lipinski definition) is 13. The van der Waals surface area contributed by atoms with Crippen LogP contribution in [-0.2, 0) is 39.9 Å². The fourth-order valence-corrected chi connectivity index (χ4v) is 6.14. The standard InChI is InChI=1S/C22H26N2O11S3/c1-2-37-18-16(7-8-33-21(28)34-9-13-3-5-14(6-4-13)24(29)30)17(25)23(18)19(20(26)27)38-22(36)35-15-10-31-12-32-11-15/h3-6,15-16,18-19H,2,7-12H2,1H3,(H,26,27). The van der Waals surface area contributed by atoms with Crippen molar-refractivity contribution >= 4 is 63.8 Å². The van der Waals surface area contributed by atoms with Gasteiger partial charge in [0.2, 0.25) is 10.3 Å². The van der Waals surface area contributed by atoms with Gasteiger partial charge in [-0.25, -0.2) is 9.59 Å². The van der Waals surface area contributed by atoms with E-state index in [0.717, 1.165) is 11.8 Å². The van der Waals surface area contributed by atoms with E-state index < -0.39 is 45.7 Å². The summed E-state index contributed by atoms with van der Waals surface area (Å²) in [6.45, 7) is 2.30. The molecular weight excluding hydrogens is 564 g/mol. The molecule has 1 aromatic carbocycles. The highest BCUT2D eigenvalue weighted by Crippen LogP contribution is 2.41. The van der Waals surface area contributed by atoms with Crippen molar-refractivity contribution in [3.8, 4) is 0 Å². The number of thiocarbonyl (C=S) groups is 1. The van der Waals surface area contributed by atoms with E-state index >= 15 is 0 Å². The molecule has 3 rings (SSSR count). The second kappa shape index (κ2) is 14.5. The number of thioether (sulfide) groups is 2. The first-order valence-corrected chi connectivity index (χ1v) is 13.8. The number of β-lactam (4-membered cyclic amide) rings is 1. The first kappa shape index (κ1) is 29.9. The van der Waals surface area contributed by atoms with Gasteiger partial charge in [0, 0.05) is 12.1 Å². The average molecular weight is 591 g/mol. The normalized spacial score (nSPS) is 20.2. The molecule has 1 N–H and O–H groups in total. The minimum atomic E-state index is -1.28. The Labute approximate surface area is 231 Å². The van der Waals surface area contributed by atoms with Crippen LogP contribution >= 0.6 is 35.7 Å². The van der Waals surface area contributed by atoms with Gasteiger partial charge < -0.3 is 33.7 Å². The summed E-state index contributed by atoms with van der Waals surface area (Å²) < 4.78 is 25.8. The Hall–Kier alpha value is -2.66. The van der Waals surface area contributed by atoms with Gasteiger partial charge in [-0.15, -0.1) is 11.8 Å². The molecule has 0 aromatic heterocycles. The SMILES string of the molecule is CCSC1C(CCOC(=O)OCc2ccc([N+](=O)[O-])cc2)C(=O)N1C(SC(=S)OC1COCOC1)C(=O)O. The third kappa shape index (κ3) is 8.17. The van der Waals surface area contributed by atoms with Gasteiger partial charge in [0.25, 0.3) is 5.69 Å². The van der Waals surface area contributed by atoms with Crippen LogP contribution in [0.4, 0.5) is 10.5 Å². The van der Waals surface area contributed by atoms with Crippen molar-refractivity contribution in [2.24, 2.45) is 5.92 Å². The molecule has 208 valence electrons. The highest BCUT2D eigenvalue weighted by atomic mass is 32.2. The number of hydrogen-bond donors (Lipinski definition) is 1. The van der Waals surface area contributed by atoms with Crippen LogP contribution in [0.3, 0.4) is 0 Å². The van der Waals surface area contributed by atoms with Gasteiger partial charge >= 0.3 is 12.1 Å². The number of benzene rings is 1. The predicted molar refractivity (Wildman–Crippen MR) is 139 cm³/mol. The number of nitrogens with zero attached hydrogens (tertiary/aromatic N) is 2. The number of carboxylic acids is 1. The van der Waals surface area contributed by atoms with E-state index in [2.05, 4.69) is 0 Å². The van der Waals surface area contributed by atoms with Crippen LogP contribution in [-0.4, -0.2) is 86.6 Å². The molecule has 0 aliphatic carbocycles. The number of amides is 1. The summed E-state index contributed by atoms with van der Waals surface area (Å²) in [7, 11) is 0. The van der Waals surface area contributed by atoms with Crippen LogP contribution in [0.25, 0.3) is 0 Å².